The topological polar surface area (TPSA) is 89.3 Å². The van der Waals surface area contributed by atoms with Gasteiger partial charge in [0.15, 0.2) is 0 Å². The first-order chi connectivity index (χ1) is 9.72. The molecule has 1 aromatic carbocycles. The molecule has 6 nitrogen and oxygen atoms in total. The summed E-state index contributed by atoms with van der Waals surface area (Å²) in [6, 6.07) is 2.51. The van der Waals surface area contributed by atoms with Crippen molar-refractivity contribution in [2.24, 2.45) is 5.92 Å². The fourth-order valence-electron chi connectivity index (χ4n) is 2.08. The largest absolute Gasteiger partial charge is 0.271 e. The Morgan fingerprint density at radius 1 is 1.24 bits per heavy atom. The number of benzene rings is 1. The lowest BCUT2D eigenvalue weighted by Crippen LogP contribution is -2.29. The van der Waals surface area contributed by atoms with E-state index >= 15 is 0 Å². The zero-order chi connectivity index (χ0) is 16.2. The fraction of sp³-hybridized carbons (Fsp3) is 0.571. The van der Waals surface area contributed by atoms with Gasteiger partial charge in [0.1, 0.15) is 0 Å². The molecular weight excluding hydrogens is 292 g/mol. The van der Waals surface area contributed by atoms with Crippen LogP contribution in [0.3, 0.4) is 0 Å². The molecule has 0 amide bonds. The average molecular weight is 314 g/mol. The highest BCUT2D eigenvalue weighted by Gasteiger charge is 2.22. The van der Waals surface area contributed by atoms with Crippen molar-refractivity contribution in [1.29, 1.82) is 0 Å². The summed E-state index contributed by atoms with van der Waals surface area (Å²) in [7, 11) is -3.74. The van der Waals surface area contributed by atoms with Gasteiger partial charge in [-0.2, -0.15) is 0 Å². The average Bonchev–Trinajstić information content (AvgIpc) is 2.42. The smallest absolute Gasteiger partial charge is 0.258 e. The van der Waals surface area contributed by atoms with E-state index in [2.05, 4.69) is 4.72 Å². The Bertz CT molecular complexity index is 622. The number of nitrogens with zero attached hydrogens (tertiary/aromatic N) is 1. The van der Waals surface area contributed by atoms with Crippen molar-refractivity contribution in [3.8, 4) is 0 Å². The fourth-order valence-corrected chi connectivity index (χ4v) is 3.53. The molecule has 1 N–H and O–H groups in total. The molecule has 0 atom stereocenters. The van der Waals surface area contributed by atoms with Crippen LogP contribution in [0, 0.1) is 29.9 Å². The molecule has 0 aliphatic heterocycles. The van der Waals surface area contributed by atoms with Crippen molar-refractivity contribution >= 4 is 15.7 Å². The molecule has 0 heterocycles. The Labute approximate surface area is 125 Å². The van der Waals surface area contributed by atoms with E-state index in [4.69, 9.17) is 0 Å². The number of non-ortho nitro benzene ring substituents is 1. The van der Waals surface area contributed by atoms with Gasteiger partial charge in [-0.3, -0.25) is 10.1 Å². The summed E-state index contributed by atoms with van der Waals surface area (Å²) in [4.78, 5) is 10.3. The minimum absolute atomic E-state index is 0.0137. The number of hydrogen-bond donors (Lipinski definition) is 1. The predicted molar refractivity (Wildman–Crippen MR) is 81.8 cm³/mol. The van der Waals surface area contributed by atoms with E-state index in [0.29, 0.717) is 17.7 Å². The molecule has 0 saturated carbocycles. The van der Waals surface area contributed by atoms with E-state index in [0.717, 1.165) is 18.9 Å². The number of sulfonamides is 1. The summed E-state index contributed by atoms with van der Waals surface area (Å²) in [6.07, 6.45) is 1.76. The summed E-state index contributed by atoms with van der Waals surface area (Å²) >= 11 is 0. The standard InChI is InChI=1S/C14H22N2O4S/c1-5-12(6-2)9-15-21(19,20)14-8-13(16(17)18)7-10(3)11(14)4/h7-8,12,15H,5-6,9H2,1-4H3. The normalized spacial score (nSPS) is 11.9. The second kappa shape index (κ2) is 7.00. The molecule has 0 unspecified atom stereocenters. The molecule has 0 saturated heterocycles. The molecule has 7 heteroatoms. The molecule has 0 bridgehead atoms. The zero-order valence-electron chi connectivity index (χ0n) is 12.8. The first kappa shape index (κ1) is 17.6. The van der Waals surface area contributed by atoms with Gasteiger partial charge in [0.2, 0.25) is 10.0 Å². The quantitative estimate of drug-likeness (QED) is 0.619. The summed E-state index contributed by atoms with van der Waals surface area (Å²) in [6.45, 7) is 7.68. The van der Waals surface area contributed by atoms with Crippen LogP contribution in [-0.4, -0.2) is 19.9 Å². The SMILES string of the molecule is CCC(CC)CNS(=O)(=O)c1cc([N+](=O)[O-])cc(C)c1C. The molecule has 118 valence electrons. The van der Waals surface area contributed by atoms with E-state index in [-0.39, 0.29) is 16.5 Å². The van der Waals surface area contributed by atoms with Crippen LogP contribution in [0.5, 0.6) is 0 Å². The highest BCUT2D eigenvalue weighted by atomic mass is 32.2. The maximum absolute atomic E-state index is 12.4. The molecule has 0 aliphatic carbocycles. The van der Waals surface area contributed by atoms with Gasteiger partial charge in [0, 0.05) is 18.7 Å². The Balaban J connectivity index is 3.16. The molecule has 21 heavy (non-hydrogen) atoms. The van der Waals surface area contributed by atoms with Crippen LogP contribution in [0.2, 0.25) is 0 Å². The second-order valence-corrected chi connectivity index (χ2v) is 6.91. The second-order valence-electron chi connectivity index (χ2n) is 5.18. The lowest BCUT2D eigenvalue weighted by Gasteiger charge is -2.15. The van der Waals surface area contributed by atoms with Crippen LogP contribution < -0.4 is 4.72 Å². The van der Waals surface area contributed by atoms with Gasteiger partial charge in [-0.25, -0.2) is 13.1 Å². The number of hydrogen-bond acceptors (Lipinski definition) is 4. The number of nitrogens with one attached hydrogen (secondary N) is 1. The Kier molecular flexibility index (Phi) is 5.86. The molecule has 0 spiro atoms. The molecule has 0 aliphatic rings. The Hall–Kier alpha value is -1.47. The number of nitro groups is 1. The molecule has 0 radical (unpaired) electrons. The summed E-state index contributed by atoms with van der Waals surface area (Å²) in [5.74, 6) is 0.264. The maximum atomic E-state index is 12.4. The predicted octanol–water partition coefficient (Wildman–Crippen LogP) is 2.93. The van der Waals surface area contributed by atoms with E-state index in [9.17, 15) is 18.5 Å². The van der Waals surface area contributed by atoms with Gasteiger partial charge in [0.25, 0.3) is 5.69 Å². The van der Waals surface area contributed by atoms with Crippen molar-refractivity contribution in [2.75, 3.05) is 6.54 Å². The number of aryl methyl sites for hydroxylation is 1. The highest BCUT2D eigenvalue weighted by Crippen LogP contribution is 2.25. The molecule has 1 aromatic rings. The van der Waals surface area contributed by atoms with Crippen LogP contribution in [0.4, 0.5) is 5.69 Å². The molecule has 0 aromatic heterocycles. The van der Waals surface area contributed by atoms with Crippen LogP contribution in [-0.2, 0) is 10.0 Å². The monoisotopic (exact) mass is 314 g/mol. The van der Waals surface area contributed by atoms with Crippen molar-refractivity contribution in [3.63, 3.8) is 0 Å². The number of rotatable bonds is 7. The summed E-state index contributed by atoms with van der Waals surface area (Å²) in [5.41, 5.74) is 0.922. The first-order valence-corrected chi connectivity index (χ1v) is 8.46. The third-order valence-corrected chi connectivity index (χ3v) is 5.37. The molecular formula is C14H22N2O4S. The Morgan fingerprint density at radius 2 is 1.81 bits per heavy atom. The van der Waals surface area contributed by atoms with E-state index in [1.54, 1.807) is 13.8 Å². The minimum atomic E-state index is -3.74. The molecule has 1 rings (SSSR count). The van der Waals surface area contributed by atoms with Crippen molar-refractivity contribution in [2.45, 2.75) is 45.4 Å². The maximum Gasteiger partial charge on any atom is 0.271 e. The zero-order valence-corrected chi connectivity index (χ0v) is 13.7. The van der Waals surface area contributed by atoms with E-state index in [1.165, 1.54) is 6.07 Å². The van der Waals surface area contributed by atoms with E-state index < -0.39 is 14.9 Å². The van der Waals surface area contributed by atoms with Gasteiger partial charge < -0.3 is 0 Å². The lowest BCUT2D eigenvalue weighted by atomic mass is 10.0. The van der Waals surface area contributed by atoms with Crippen LogP contribution in [0.1, 0.15) is 37.8 Å². The highest BCUT2D eigenvalue weighted by molar-refractivity contribution is 7.89. The third-order valence-electron chi connectivity index (χ3n) is 3.82. The third kappa shape index (κ3) is 4.25. The van der Waals surface area contributed by atoms with Crippen molar-refractivity contribution in [1.82, 2.24) is 4.72 Å². The van der Waals surface area contributed by atoms with Crippen molar-refractivity contribution < 1.29 is 13.3 Å². The van der Waals surface area contributed by atoms with Crippen molar-refractivity contribution in [3.05, 3.63) is 33.4 Å². The van der Waals surface area contributed by atoms with Crippen LogP contribution in [0.15, 0.2) is 17.0 Å². The van der Waals surface area contributed by atoms with Gasteiger partial charge >= 0.3 is 0 Å². The van der Waals surface area contributed by atoms with Gasteiger partial charge in [-0.1, -0.05) is 26.7 Å². The molecule has 0 fully saturated rings. The lowest BCUT2D eigenvalue weighted by molar-refractivity contribution is -0.385. The van der Waals surface area contributed by atoms with E-state index in [1.807, 2.05) is 13.8 Å². The Morgan fingerprint density at radius 3 is 2.29 bits per heavy atom. The van der Waals surface area contributed by atoms with Gasteiger partial charge in [0.05, 0.1) is 9.82 Å². The summed E-state index contributed by atoms with van der Waals surface area (Å²) < 4.78 is 27.3. The minimum Gasteiger partial charge on any atom is -0.258 e. The van der Waals surface area contributed by atoms with Gasteiger partial charge in [-0.05, 0) is 30.9 Å². The van der Waals surface area contributed by atoms with Crippen LogP contribution >= 0.6 is 0 Å². The van der Waals surface area contributed by atoms with Crippen LogP contribution in [0.25, 0.3) is 0 Å². The first-order valence-electron chi connectivity index (χ1n) is 6.98. The summed E-state index contributed by atoms with van der Waals surface area (Å²) in [5, 5.41) is 10.9. The van der Waals surface area contributed by atoms with Gasteiger partial charge in [-0.15, -0.1) is 0 Å². The number of nitro benzene ring substituents is 1.